The number of esters is 2. The van der Waals surface area contributed by atoms with Gasteiger partial charge in [0, 0.05) is 0 Å². The van der Waals surface area contributed by atoms with E-state index in [0.29, 0.717) is 11.1 Å². The first-order chi connectivity index (χ1) is 18.8. The van der Waals surface area contributed by atoms with Gasteiger partial charge in [0.1, 0.15) is 15.9 Å². The quantitative estimate of drug-likeness (QED) is 0.126. The van der Waals surface area contributed by atoms with Gasteiger partial charge in [0.15, 0.2) is 0 Å². The molecule has 0 aliphatic carbocycles. The van der Waals surface area contributed by atoms with E-state index in [-0.39, 0.29) is 0 Å². The monoisotopic (exact) mass is 652 g/mol. The molecule has 0 saturated heterocycles. The summed E-state index contributed by atoms with van der Waals surface area (Å²) in [6.07, 6.45) is 1.83. The van der Waals surface area contributed by atoms with Gasteiger partial charge in [-0.3, -0.25) is 0 Å². The predicted octanol–water partition coefficient (Wildman–Crippen LogP) is 7.15. The van der Waals surface area contributed by atoms with Crippen LogP contribution in [0.3, 0.4) is 0 Å². The van der Waals surface area contributed by atoms with Crippen LogP contribution in [0.2, 0.25) is 0 Å². The van der Waals surface area contributed by atoms with E-state index in [0.717, 1.165) is 15.9 Å². The first-order valence-corrected chi connectivity index (χ1v) is 25.0. The van der Waals surface area contributed by atoms with E-state index < -0.39 is 32.8 Å². The summed E-state index contributed by atoms with van der Waals surface area (Å²) in [7, 11) is 16.3. The number of carbonyl (C=O) groups excluding carboxylic acids is 2. The molecule has 39 heavy (non-hydrogen) atoms. The van der Waals surface area contributed by atoms with E-state index in [1.165, 1.54) is 25.8 Å². The number of halogens is 3. The topological polar surface area (TPSA) is 52.6 Å². The zero-order valence-corrected chi connectivity index (χ0v) is 27.9. The van der Waals surface area contributed by atoms with Gasteiger partial charge in [-0.15, -0.1) is 0 Å². The minimum atomic E-state index is -2.21. The van der Waals surface area contributed by atoms with Crippen molar-refractivity contribution >= 4 is 70.9 Å². The molecule has 4 nitrogen and oxygen atoms in total. The summed E-state index contributed by atoms with van der Waals surface area (Å²) in [5.41, 5.74) is 1.85. The van der Waals surface area contributed by atoms with Crippen LogP contribution in [0, 0.1) is 0 Å². The van der Waals surface area contributed by atoms with E-state index in [1.54, 1.807) is 0 Å². The maximum absolute atomic E-state index is 12.2. The molecule has 4 aromatic rings. The second kappa shape index (κ2) is 17.9. The van der Waals surface area contributed by atoms with Gasteiger partial charge < -0.3 is 9.47 Å². The Morgan fingerprint density at radius 2 is 1.03 bits per heavy atom. The number of carbonyl (C=O) groups is 2. The van der Waals surface area contributed by atoms with E-state index in [9.17, 15) is 9.59 Å². The Morgan fingerprint density at radius 1 is 0.667 bits per heavy atom. The summed E-state index contributed by atoms with van der Waals surface area (Å²) in [6, 6.07) is 35.4. The summed E-state index contributed by atoms with van der Waals surface area (Å²) in [4.78, 5) is 24.3. The number of rotatable bonds is 6. The Bertz CT molecular complexity index is 1250. The standard InChI is InChI=1S/C22H19O4P.C8H8.3ClH.Zn/c1-25-21(23)16-13-17(22(24)26-2)15-20(14-16)27(18-9-5-3-6-10-18)19-11-7-4-8-12-19;1-2-8-6-4-3-5-7-8;;;;/h3-15H,1-2H3;2-7H,1H2;3*1H;/q;;;;;+2/p-2. The second-order valence-corrected chi connectivity index (χ2v) is 24.2. The summed E-state index contributed by atoms with van der Waals surface area (Å²) in [5.74, 6) is -0.964. The number of ether oxygens (including phenoxy) is 2. The molecule has 0 N–H and O–H groups in total. The van der Waals surface area contributed by atoms with Crippen molar-refractivity contribution in [3.8, 4) is 0 Å². The first kappa shape index (κ1) is 32.7. The van der Waals surface area contributed by atoms with Crippen molar-refractivity contribution in [2.24, 2.45) is 0 Å². The average Bonchev–Trinajstić information content (AvgIpc) is 2.98. The number of benzene rings is 4. The van der Waals surface area contributed by atoms with Gasteiger partial charge in [0.05, 0.1) is 33.3 Å². The van der Waals surface area contributed by atoms with Crippen LogP contribution in [0.25, 0.3) is 6.08 Å². The Hall–Kier alpha value is -2.52. The third-order valence-electron chi connectivity index (χ3n) is 5.22. The molecular weight excluding hydrogens is 627 g/mol. The van der Waals surface area contributed by atoms with Crippen LogP contribution in [0.5, 0.6) is 0 Å². The molecule has 0 amide bonds. The summed E-state index contributed by atoms with van der Waals surface area (Å²) < 4.78 is 9.74. The van der Waals surface area contributed by atoms with Gasteiger partial charge in [0.25, 0.3) is 0 Å². The summed E-state index contributed by atoms with van der Waals surface area (Å²) >= 11 is -2.21. The molecular formula is C30H28Cl3O4PZn. The van der Waals surface area contributed by atoms with Gasteiger partial charge >= 0.3 is 54.0 Å². The molecule has 0 unspecified atom stereocenters. The fourth-order valence-electron chi connectivity index (χ4n) is 3.54. The molecule has 0 saturated carbocycles. The molecule has 0 spiro atoms. The third kappa shape index (κ3) is 11.2. The van der Waals surface area contributed by atoms with Gasteiger partial charge in [-0.05, 0) is 48.0 Å². The Kier molecular flexibility index (Phi) is 15.0. The zero-order valence-electron chi connectivity index (χ0n) is 21.7. The second-order valence-electron chi connectivity index (χ2n) is 7.81. The van der Waals surface area contributed by atoms with Crippen LogP contribution in [0.1, 0.15) is 26.3 Å². The van der Waals surface area contributed by atoms with Crippen molar-refractivity contribution < 1.29 is 32.0 Å². The molecule has 0 radical (unpaired) electrons. The molecule has 9 heteroatoms. The minimum absolute atomic E-state index is 0.338. The molecule has 0 fully saturated rings. The van der Waals surface area contributed by atoms with Gasteiger partial charge in [-0.1, -0.05) is 79.4 Å². The van der Waals surface area contributed by atoms with E-state index in [2.05, 4.69) is 30.8 Å². The molecule has 0 heterocycles. The summed E-state index contributed by atoms with van der Waals surface area (Å²) in [6.45, 7) is 3.63. The molecule has 0 aromatic heterocycles. The van der Waals surface area contributed by atoms with Crippen molar-refractivity contribution in [3.05, 3.63) is 132 Å². The third-order valence-corrected chi connectivity index (χ3v) is 7.91. The summed E-state index contributed by atoms with van der Waals surface area (Å²) in [5, 5.41) is 3.23. The van der Waals surface area contributed by atoms with E-state index in [4.69, 9.17) is 38.5 Å². The van der Waals surface area contributed by atoms with Crippen LogP contribution in [0.15, 0.2) is 116 Å². The normalized spacial score (nSPS) is 9.69. The number of methoxy groups -OCH3 is 2. The van der Waals surface area contributed by atoms with Gasteiger partial charge in [-0.25, -0.2) is 9.59 Å². The van der Waals surface area contributed by atoms with Gasteiger partial charge in [-0.2, -0.15) is 0 Å². The van der Waals surface area contributed by atoms with Crippen molar-refractivity contribution in [1.29, 1.82) is 0 Å². The first-order valence-electron chi connectivity index (χ1n) is 11.8. The molecule has 0 atom stereocenters. The fraction of sp³-hybridized carbons (Fsp3) is 0.0667. The number of hydrogen-bond acceptors (Lipinski definition) is 4. The van der Waals surface area contributed by atoms with Crippen molar-refractivity contribution in [2.75, 3.05) is 14.2 Å². The van der Waals surface area contributed by atoms with Crippen LogP contribution < -0.4 is 15.9 Å². The average molecular weight is 655 g/mol. The molecule has 200 valence electrons. The van der Waals surface area contributed by atoms with Crippen LogP contribution in [0.4, 0.5) is 0 Å². The molecule has 4 rings (SSSR count). The van der Waals surface area contributed by atoms with Gasteiger partial charge in [0.2, 0.25) is 0 Å². The Balaban J connectivity index is 0.000000368. The molecule has 0 aliphatic rings. The Morgan fingerprint density at radius 3 is 1.33 bits per heavy atom. The maximum atomic E-state index is 12.2. The SMILES string of the molecule is C=Cc1ccccc1.COC(=O)c1cc(C(=O)OC)cc([PH+](c2ccccc2)c2ccccc2)c1.[Cl][Zn-]([Cl])[Cl]. The number of hydrogen-bond donors (Lipinski definition) is 0. The van der Waals surface area contributed by atoms with E-state index in [1.807, 2.05) is 84.9 Å². The fourth-order valence-corrected chi connectivity index (χ4v) is 6.19. The van der Waals surface area contributed by atoms with Crippen LogP contribution >= 0.6 is 37.0 Å². The molecule has 0 aliphatic heterocycles. The van der Waals surface area contributed by atoms with Crippen LogP contribution in [-0.2, 0) is 22.5 Å². The van der Waals surface area contributed by atoms with Crippen molar-refractivity contribution in [2.45, 2.75) is 0 Å². The van der Waals surface area contributed by atoms with Crippen molar-refractivity contribution in [3.63, 3.8) is 0 Å². The van der Waals surface area contributed by atoms with Crippen molar-refractivity contribution in [1.82, 2.24) is 0 Å². The zero-order chi connectivity index (χ0) is 28.6. The van der Waals surface area contributed by atoms with Crippen LogP contribution in [-0.4, -0.2) is 26.2 Å². The predicted molar refractivity (Wildman–Crippen MR) is 163 cm³/mol. The van der Waals surface area contributed by atoms with E-state index >= 15 is 0 Å². The molecule has 0 bridgehead atoms. The Labute approximate surface area is 248 Å². The molecule has 4 aromatic carbocycles.